The van der Waals surface area contributed by atoms with Crippen LogP contribution < -0.4 is 0 Å². The predicted molar refractivity (Wildman–Crippen MR) is 77.8 cm³/mol. The van der Waals surface area contributed by atoms with Crippen LogP contribution in [-0.2, 0) is 24.3 Å². The van der Waals surface area contributed by atoms with Gasteiger partial charge in [0.25, 0.3) is 0 Å². The highest BCUT2D eigenvalue weighted by molar-refractivity contribution is 7.89. The highest BCUT2D eigenvalue weighted by Crippen LogP contribution is 2.27. The molecule has 0 spiro atoms. The lowest BCUT2D eigenvalue weighted by Gasteiger charge is -2.39. The molecular weight excluding hydrogens is 310 g/mol. The number of morpholine rings is 1. The van der Waals surface area contributed by atoms with Gasteiger partial charge in [0.1, 0.15) is 11.8 Å². The minimum Gasteiger partial charge on any atom is -0.508 e. The van der Waals surface area contributed by atoms with Crippen molar-refractivity contribution in [3.8, 4) is 5.75 Å². The highest BCUT2D eigenvalue weighted by atomic mass is 32.2. The van der Waals surface area contributed by atoms with Gasteiger partial charge in [-0.2, -0.15) is 4.31 Å². The maximum absolute atomic E-state index is 12.8. The molecule has 1 N–H and O–H groups in total. The van der Waals surface area contributed by atoms with Crippen LogP contribution >= 0.6 is 0 Å². The van der Waals surface area contributed by atoms with Gasteiger partial charge in [0.2, 0.25) is 10.0 Å². The molecule has 0 aliphatic carbocycles. The number of rotatable bonds is 3. The number of carbonyl (C=O) groups excluding carboxylic acids is 1. The Morgan fingerprint density at radius 1 is 1.32 bits per heavy atom. The fourth-order valence-corrected chi connectivity index (χ4v) is 4.23. The van der Waals surface area contributed by atoms with Gasteiger partial charge in [-0.15, -0.1) is 0 Å². The predicted octanol–water partition coefficient (Wildman–Crippen LogP) is 0.732. The fraction of sp³-hybridized carbons (Fsp3) is 0.500. The van der Waals surface area contributed by atoms with E-state index in [0.29, 0.717) is 0 Å². The molecule has 3 atom stereocenters. The average Bonchev–Trinajstić information content (AvgIpc) is 2.46. The second-order valence-corrected chi connectivity index (χ2v) is 7.08. The van der Waals surface area contributed by atoms with Gasteiger partial charge < -0.3 is 14.6 Å². The van der Waals surface area contributed by atoms with Gasteiger partial charge in [0, 0.05) is 6.54 Å². The van der Waals surface area contributed by atoms with E-state index in [9.17, 15) is 18.3 Å². The lowest BCUT2D eigenvalue weighted by Crippen LogP contribution is -2.58. The van der Waals surface area contributed by atoms with Crippen LogP contribution in [0.4, 0.5) is 0 Å². The Bertz CT molecular complexity index is 642. The van der Waals surface area contributed by atoms with Gasteiger partial charge in [-0.05, 0) is 38.1 Å². The summed E-state index contributed by atoms with van der Waals surface area (Å²) in [6.07, 6.45) is -0.967. The van der Waals surface area contributed by atoms with E-state index in [1.54, 1.807) is 13.8 Å². The molecule has 1 aromatic carbocycles. The molecule has 7 nitrogen and oxygen atoms in total. The second-order valence-electron chi connectivity index (χ2n) is 5.19. The van der Waals surface area contributed by atoms with Crippen molar-refractivity contribution < 1.29 is 27.8 Å². The van der Waals surface area contributed by atoms with E-state index in [0.717, 1.165) is 4.31 Å². The molecule has 1 heterocycles. The summed E-state index contributed by atoms with van der Waals surface area (Å²) >= 11 is 0. The first kappa shape index (κ1) is 16.7. The first-order valence-corrected chi connectivity index (χ1v) is 8.25. The number of hydrogen-bond donors (Lipinski definition) is 1. The second kappa shape index (κ2) is 6.23. The number of aromatic hydroxyl groups is 1. The van der Waals surface area contributed by atoms with Crippen molar-refractivity contribution in [3.05, 3.63) is 24.3 Å². The van der Waals surface area contributed by atoms with Gasteiger partial charge in [-0.3, -0.25) is 4.79 Å². The smallest absolute Gasteiger partial charge is 0.326 e. The Labute approximate surface area is 129 Å². The van der Waals surface area contributed by atoms with Crippen LogP contribution in [0.2, 0.25) is 0 Å². The molecule has 0 bridgehead atoms. The largest absolute Gasteiger partial charge is 0.508 e. The standard InChI is InChI=1S/C14H19NO6S/c1-9-8-15(13(10(2)21-9)14(17)20-3)22(18,19)12-6-4-11(16)5-7-12/h4-7,9-10,13,16H,8H2,1-3H3. The summed E-state index contributed by atoms with van der Waals surface area (Å²) in [5.74, 6) is -0.700. The van der Waals surface area contributed by atoms with Crippen LogP contribution in [0.25, 0.3) is 0 Å². The van der Waals surface area contributed by atoms with E-state index in [4.69, 9.17) is 9.47 Å². The van der Waals surface area contributed by atoms with Crippen molar-refractivity contribution in [2.24, 2.45) is 0 Å². The third-order valence-corrected chi connectivity index (χ3v) is 5.39. The third kappa shape index (κ3) is 3.08. The normalized spacial score (nSPS) is 26.6. The van der Waals surface area contributed by atoms with Crippen LogP contribution in [0.15, 0.2) is 29.2 Å². The van der Waals surface area contributed by atoms with Gasteiger partial charge in [-0.1, -0.05) is 0 Å². The van der Waals surface area contributed by atoms with Crippen molar-refractivity contribution in [2.75, 3.05) is 13.7 Å². The van der Waals surface area contributed by atoms with Crippen LogP contribution in [0.1, 0.15) is 13.8 Å². The number of methoxy groups -OCH3 is 1. The van der Waals surface area contributed by atoms with E-state index in [1.165, 1.54) is 31.4 Å². The number of hydrogen-bond acceptors (Lipinski definition) is 6. The van der Waals surface area contributed by atoms with Crippen molar-refractivity contribution in [3.63, 3.8) is 0 Å². The van der Waals surface area contributed by atoms with Crippen molar-refractivity contribution in [2.45, 2.75) is 37.0 Å². The van der Waals surface area contributed by atoms with Crippen LogP contribution in [0, 0.1) is 0 Å². The van der Waals surface area contributed by atoms with Crippen LogP contribution in [0.3, 0.4) is 0 Å². The van der Waals surface area contributed by atoms with Crippen molar-refractivity contribution in [1.29, 1.82) is 0 Å². The van der Waals surface area contributed by atoms with Gasteiger partial charge in [0.05, 0.1) is 24.2 Å². The van der Waals surface area contributed by atoms with E-state index < -0.39 is 28.1 Å². The van der Waals surface area contributed by atoms with Crippen LogP contribution in [0.5, 0.6) is 5.75 Å². The summed E-state index contributed by atoms with van der Waals surface area (Å²) in [6.45, 7) is 3.42. The number of benzene rings is 1. The number of sulfonamides is 1. The van der Waals surface area contributed by atoms with Gasteiger partial charge >= 0.3 is 5.97 Å². The SMILES string of the molecule is COC(=O)C1C(C)OC(C)CN1S(=O)(=O)c1ccc(O)cc1. The highest BCUT2D eigenvalue weighted by Gasteiger charge is 2.45. The number of ether oxygens (including phenoxy) is 2. The summed E-state index contributed by atoms with van der Waals surface area (Å²) in [6, 6.07) is 4.12. The molecular formula is C14H19NO6S. The molecule has 1 aliphatic heterocycles. The molecule has 2 rings (SSSR count). The van der Waals surface area contributed by atoms with Crippen molar-refractivity contribution >= 4 is 16.0 Å². The van der Waals surface area contributed by atoms with E-state index in [2.05, 4.69) is 0 Å². The molecule has 0 amide bonds. The minimum absolute atomic E-state index is 0.000466. The number of phenolic OH excluding ortho intramolecular Hbond substituents is 1. The Hall–Kier alpha value is -1.64. The molecule has 1 aliphatic rings. The van der Waals surface area contributed by atoms with Crippen molar-refractivity contribution in [1.82, 2.24) is 4.31 Å². The molecule has 122 valence electrons. The molecule has 8 heteroatoms. The zero-order valence-electron chi connectivity index (χ0n) is 12.6. The molecule has 1 fully saturated rings. The number of nitrogens with zero attached hydrogens (tertiary/aromatic N) is 1. The quantitative estimate of drug-likeness (QED) is 0.822. The monoisotopic (exact) mass is 329 g/mol. The molecule has 22 heavy (non-hydrogen) atoms. The summed E-state index contributed by atoms with van der Waals surface area (Å²) in [5, 5.41) is 9.29. The molecule has 1 aromatic rings. The first-order valence-electron chi connectivity index (χ1n) is 6.81. The lowest BCUT2D eigenvalue weighted by molar-refractivity contribution is -0.158. The Morgan fingerprint density at radius 2 is 1.91 bits per heavy atom. The van der Waals surface area contributed by atoms with E-state index >= 15 is 0 Å². The Kier molecular flexibility index (Phi) is 4.74. The summed E-state index contributed by atoms with van der Waals surface area (Å²) < 4.78 is 37.0. The average molecular weight is 329 g/mol. The molecule has 0 saturated carbocycles. The van der Waals surface area contributed by atoms with E-state index in [-0.39, 0.29) is 23.3 Å². The molecule has 1 saturated heterocycles. The maximum atomic E-state index is 12.8. The summed E-state index contributed by atoms with van der Waals surface area (Å²) in [4.78, 5) is 12.0. The minimum atomic E-state index is -3.91. The van der Waals surface area contributed by atoms with Gasteiger partial charge in [-0.25, -0.2) is 8.42 Å². The number of carbonyl (C=O) groups is 1. The Morgan fingerprint density at radius 3 is 2.45 bits per heavy atom. The van der Waals surface area contributed by atoms with E-state index in [1.807, 2.05) is 0 Å². The lowest BCUT2D eigenvalue weighted by atomic mass is 10.1. The third-order valence-electron chi connectivity index (χ3n) is 3.52. The topological polar surface area (TPSA) is 93.1 Å². The summed E-state index contributed by atoms with van der Waals surface area (Å²) in [7, 11) is -2.70. The van der Waals surface area contributed by atoms with Crippen LogP contribution in [-0.4, -0.2) is 55.7 Å². The first-order chi connectivity index (χ1) is 10.3. The zero-order chi connectivity index (χ0) is 16.5. The van der Waals surface area contributed by atoms with Gasteiger partial charge in [0.15, 0.2) is 0 Å². The number of esters is 1. The summed E-state index contributed by atoms with van der Waals surface area (Å²) in [5.41, 5.74) is 0. The molecule has 0 radical (unpaired) electrons. The zero-order valence-corrected chi connectivity index (χ0v) is 13.4. The fourth-order valence-electron chi connectivity index (χ4n) is 2.52. The number of phenols is 1. The molecule has 0 aromatic heterocycles. The Balaban J connectivity index is 2.44. The maximum Gasteiger partial charge on any atom is 0.326 e. The molecule has 3 unspecified atom stereocenters.